The minimum atomic E-state index is -0.931. The number of aryl methyl sites for hydroxylation is 2. The van der Waals surface area contributed by atoms with Crippen molar-refractivity contribution in [2.24, 2.45) is 5.92 Å². The van der Waals surface area contributed by atoms with Gasteiger partial charge in [0.15, 0.2) is 0 Å². The SMILES string of the molecule is Cc1cc(NC(C)CC(C)C)c(C(=O)O)c(C)n1. The molecule has 18 heavy (non-hydrogen) atoms. The molecule has 4 heteroatoms. The molecule has 0 aliphatic heterocycles. The van der Waals surface area contributed by atoms with Gasteiger partial charge in [0, 0.05) is 11.7 Å². The Morgan fingerprint density at radius 2 is 2.00 bits per heavy atom. The molecule has 0 saturated heterocycles. The molecule has 0 amide bonds. The molecule has 0 aromatic carbocycles. The number of carboxylic acids is 1. The number of carboxylic acid groups (broad SMARTS) is 1. The van der Waals surface area contributed by atoms with Crippen molar-refractivity contribution in [2.75, 3.05) is 5.32 Å². The van der Waals surface area contributed by atoms with Crippen molar-refractivity contribution in [3.8, 4) is 0 Å². The van der Waals surface area contributed by atoms with Crippen LogP contribution in [0.3, 0.4) is 0 Å². The number of aromatic nitrogens is 1. The average Bonchev–Trinajstić information content (AvgIpc) is 2.12. The van der Waals surface area contributed by atoms with E-state index in [1.807, 2.05) is 6.92 Å². The maximum absolute atomic E-state index is 11.3. The highest BCUT2D eigenvalue weighted by Crippen LogP contribution is 2.22. The van der Waals surface area contributed by atoms with Gasteiger partial charge in [-0.3, -0.25) is 4.98 Å². The molecule has 0 fully saturated rings. The standard InChI is InChI=1S/C14H22N2O2/c1-8(2)6-9(3)16-12-7-10(4)15-11(5)13(12)14(17)18/h7-9H,6H2,1-5H3,(H,15,16)(H,17,18). The lowest BCUT2D eigenvalue weighted by atomic mass is 10.0. The summed E-state index contributed by atoms with van der Waals surface area (Å²) in [6.45, 7) is 9.97. The van der Waals surface area contributed by atoms with Gasteiger partial charge in [0.25, 0.3) is 0 Å². The van der Waals surface area contributed by atoms with Gasteiger partial charge in [-0.15, -0.1) is 0 Å². The van der Waals surface area contributed by atoms with Crippen molar-refractivity contribution in [1.29, 1.82) is 0 Å². The van der Waals surface area contributed by atoms with Gasteiger partial charge in [0.2, 0.25) is 0 Å². The first-order valence-electron chi connectivity index (χ1n) is 6.29. The van der Waals surface area contributed by atoms with E-state index in [0.717, 1.165) is 12.1 Å². The van der Waals surface area contributed by atoms with Crippen LogP contribution < -0.4 is 5.32 Å². The van der Waals surface area contributed by atoms with Gasteiger partial charge in [-0.05, 0) is 39.2 Å². The van der Waals surface area contributed by atoms with Gasteiger partial charge in [0.05, 0.1) is 11.4 Å². The number of anilines is 1. The lowest BCUT2D eigenvalue weighted by molar-refractivity contribution is 0.0696. The number of rotatable bonds is 5. The molecule has 1 aromatic rings. The molecule has 1 aromatic heterocycles. The molecule has 2 N–H and O–H groups in total. The van der Waals surface area contributed by atoms with Crippen LogP contribution in [-0.2, 0) is 0 Å². The first-order valence-corrected chi connectivity index (χ1v) is 6.29. The quantitative estimate of drug-likeness (QED) is 0.842. The van der Waals surface area contributed by atoms with Crippen LogP contribution in [0.5, 0.6) is 0 Å². The smallest absolute Gasteiger partial charge is 0.339 e. The number of aromatic carboxylic acids is 1. The van der Waals surface area contributed by atoms with Gasteiger partial charge in [-0.1, -0.05) is 13.8 Å². The summed E-state index contributed by atoms with van der Waals surface area (Å²) in [5.41, 5.74) is 2.33. The lowest BCUT2D eigenvalue weighted by Crippen LogP contribution is -2.20. The van der Waals surface area contributed by atoms with E-state index in [4.69, 9.17) is 0 Å². The van der Waals surface area contributed by atoms with E-state index in [9.17, 15) is 9.90 Å². The van der Waals surface area contributed by atoms with E-state index < -0.39 is 5.97 Å². The van der Waals surface area contributed by atoms with Gasteiger partial charge < -0.3 is 10.4 Å². The minimum absolute atomic E-state index is 0.240. The monoisotopic (exact) mass is 250 g/mol. The minimum Gasteiger partial charge on any atom is -0.478 e. The van der Waals surface area contributed by atoms with Gasteiger partial charge in [0.1, 0.15) is 5.56 Å². The van der Waals surface area contributed by atoms with E-state index in [1.165, 1.54) is 0 Å². The molecule has 0 radical (unpaired) electrons. The molecule has 0 aliphatic rings. The highest BCUT2D eigenvalue weighted by atomic mass is 16.4. The summed E-state index contributed by atoms with van der Waals surface area (Å²) in [4.78, 5) is 15.5. The van der Waals surface area contributed by atoms with Gasteiger partial charge in [-0.25, -0.2) is 4.79 Å². The fourth-order valence-electron chi connectivity index (χ4n) is 2.24. The molecule has 4 nitrogen and oxygen atoms in total. The fourth-order valence-corrected chi connectivity index (χ4v) is 2.24. The Balaban J connectivity index is 3.03. The van der Waals surface area contributed by atoms with Crippen LogP contribution in [0.2, 0.25) is 0 Å². The first-order chi connectivity index (χ1) is 8.31. The number of carbonyl (C=O) groups is 1. The number of nitrogens with one attached hydrogen (secondary N) is 1. The van der Waals surface area contributed by atoms with Crippen molar-refractivity contribution in [3.05, 3.63) is 23.0 Å². The van der Waals surface area contributed by atoms with Gasteiger partial charge >= 0.3 is 5.97 Å². The zero-order valence-corrected chi connectivity index (χ0v) is 11.7. The third kappa shape index (κ3) is 3.72. The zero-order chi connectivity index (χ0) is 13.9. The summed E-state index contributed by atoms with van der Waals surface area (Å²) in [7, 11) is 0. The third-order valence-electron chi connectivity index (χ3n) is 2.77. The highest BCUT2D eigenvalue weighted by molar-refractivity contribution is 5.95. The summed E-state index contributed by atoms with van der Waals surface area (Å²) in [6.07, 6.45) is 0.999. The van der Waals surface area contributed by atoms with Crippen LogP contribution in [0.1, 0.15) is 48.9 Å². The third-order valence-corrected chi connectivity index (χ3v) is 2.77. The summed E-state index contributed by atoms with van der Waals surface area (Å²) in [5, 5.41) is 12.5. The molecular formula is C14H22N2O2. The summed E-state index contributed by atoms with van der Waals surface area (Å²) in [5.74, 6) is -0.357. The maximum atomic E-state index is 11.3. The predicted octanol–water partition coefficient (Wildman–Crippen LogP) is 3.24. The van der Waals surface area contributed by atoms with E-state index in [2.05, 4.69) is 31.1 Å². The number of hydrogen-bond acceptors (Lipinski definition) is 3. The van der Waals surface area contributed by atoms with E-state index in [-0.39, 0.29) is 11.6 Å². The molecule has 0 saturated carbocycles. The molecule has 1 rings (SSSR count). The average molecular weight is 250 g/mol. The van der Waals surface area contributed by atoms with Crippen LogP contribution in [0.4, 0.5) is 5.69 Å². The highest BCUT2D eigenvalue weighted by Gasteiger charge is 2.17. The molecule has 100 valence electrons. The summed E-state index contributed by atoms with van der Waals surface area (Å²) in [6, 6.07) is 2.04. The Bertz CT molecular complexity index is 442. The van der Waals surface area contributed by atoms with Crippen LogP contribution >= 0.6 is 0 Å². The first kappa shape index (κ1) is 14.5. The Morgan fingerprint density at radius 3 is 2.50 bits per heavy atom. The summed E-state index contributed by atoms with van der Waals surface area (Å²) < 4.78 is 0. The molecular weight excluding hydrogens is 228 g/mol. The van der Waals surface area contributed by atoms with Crippen LogP contribution in [0.25, 0.3) is 0 Å². The molecule has 0 bridgehead atoms. The zero-order valence-electron chi connectivity index (χ0n) is 11.7. The summed E-state index contributed by atoms with van der Waals surface area (Å²) >= 11 is 0. The van der Waals surface area contributed by atoms with E-state index >= 15 is 0 Å². The lowest BCUT2D eigenvalue weighted by Gasteiger charge is -2.19. The molecule has 1 atom stereocenters. The van der Waals surface area contributed by atoms with Crippen molar-refractivity contribution in [2.45, 2.75) is 47.1 Å². The Kier molecular flexibility index (Phi) is 4.70. The second-order valence-electron chi connectivity index (χ2n) is 5.25. The number of hydrogen-bond donors (Lipinski definition) is 2. The van der Waals surface area contributed by atoms with Crippen molar-refractivity contribution >= 4 is 11.7 Å². The van der Waals surface area contributed by atoms with E-state index in [1.54, 1.807) is 13.0 Å². The Morgan fingerprint density at radius 1 is 1.39 bits per heavy atom. The molecule has 0 aliphatic carbocycles. The maximum Gasteiger partial charge on any atom is 0.339 e. The van der Waals surface area contributed by atoms with Crippen molar-refractivity contribution in [1.82, 2.24) is 4.98 Å². The fraction of sp³-hybridized carbons (Fsp3) is 0.571. The Labute approximate surface area is 108 Å². The van der Waals surface area contributed by atoms with Crippen LogP contribution in [0, 0.1) is 19.8 Å². The van der Waals surface area contributed by atoms with Crippen LogP contribution in [-0.4, -0.2) is 22.1 Å². The molecule has 0 spiro atoms. The van der Waals surface area contributed by atoms with E-state index in [0.29, 0.717) is 17.3 Å². The predicted molar refractivity (Wildman–Crippen MR) is 73.2 cm³/mol. The van der Waals surface area contributed by atoms with Gasteiger partial charge in [-0.2, -0.15) is 0 Å². The number of pyridine rings is 1. The molecule has 1 heterocycles. The number of nitrogens with zero attached hydrogens (tertiary/aromatic N) is 1. The van der Waals surface area contributed by atoms with Crippen molar-refractivity contribution in [3.63, 3.8) is 0 Å². The largest absolute Gasteiger partial charge is 0.478 e. The van der Waals surface area contributed by atoms with Crippen LogP contribution in [0.15, 0.2) is 6.07 Å². The Hall–Kier alpha value is -1.58. The second-order valence-corrected chi connectivity index (χ2v) is 5.25. The molecule has 1 unspecified atom stereocenters. The normalized spacial score (nSPS) is 12.6. The second kappa shape index (κ2) is 5.85. The van der Waals surface area contributed by atoms with Crippen molar-refractivity contribution < 1.29 is 9.90 Å². The topological polar surface area (TPSA) is 62.2 Å².